The van der Waals surface area contributed by atoms with Gasteiger partial charge in [-0.2, -0.15) is 4.98 Å². The maximum atomic E-state index is 5.96. The Labute approximate surface area is 114 Å². The highest BCUT2D eigenvalue weighted by molar-refractivity contribution is 4.99. The number of nitrogens with zero attached hydrogens (tertiary/aromatic N) is 4. The fraction of sp³-hybridized carbons (Fsp3) is 0.846. The van der Waals surface area contributed by atoms with Gasteiger partial charge in [0.2, 0.25) is 5.89 Å². The molecule has 1 aromatic rings. The van der Waals surface area contributed by atoms with E-state index >= 15 is 0 Å². The molecule has 1 fully saturated rings. The third-order valence-corrected chi connectivity index (χ3v) is 3.84. The molecule has 2 rings (SSSR count). The van der Waals surface area contributed by atoms with E-state index in [0.29, 0.717) is 30.3 Å². The van der Waals surface area contributed by atoms with Crippen LogP contribution in [0.4, 0.5) is 0 Å². The minimum atomic E-state index is -0.551. The second-order valence-corrected chi connectivity index (χ2v) is 6.29. The number of rotatable bonds is 3. The fourth-order valence-electron chi connectivity index (χ4n) is 2.42. The van der Waals surface area contributed by atoms with E-state index in [1.165, 1.54) is 0 Å². The van der Waals surface area contributed by atoms with E-state index in [1.807, 2.05) is 13.8 Å². The molecule has 1 aliphatic rings. The van der Waals surface area contributed by atoms with Gasteiger partial charge in [0.25, 0.3) is 0 Å². The maximum Gasteiger partial charge on any atom is 0.240 e. The van der Waals surface area contributed by atoms with Crippen molar-refractivity contribution in [2.75, 3.05) is 20.1 Å². The Balaban J connectivity index is 2.00. The lowest BCUT2D eigenvalue weighted by molar-refractivity contribution is 0.0496. The van der Waals surface area contributed by atoms with Gasteiger partial charge in [-0.05, 0) is 34.7 Å². The Morgan fingerprint density at radius 2 is 1.89 bits per heavy atom. The molecule has 19 heavy (non-hydrogen) atoms. The van der Waals surface area contributed by atoms with Crippen LogP contribution in [0.1, 0.15) is 39.4 Å². The number of aromatic nitrogens is 2. The molecule has 0 spiro atoms. The Morgan fingerprint density at radius 1 is 1.32 bits per heavy atom. The van der Waals surface area contributed by atoms with Crippen LogP contribution in [0.2, 0.25) is 0 Å². The first kappa shape index (κ1) is 14.4. The van der Waals surface area contributed by atoms with Crippen molar-refractivity contribution in [3.05, 3.63) is 11.7 Å². The van der Waals surface area contributed by atoms with Gasteiger partial charge in [0.15, 0.2) is 5.82 Å². The molecular weight excluding hydrogens is 242 g/mol. The molecule has 0 amide bonds. The average Bonchev–Trinajstić information content (AvgIpc) is 2.74. The van der Waals surface area contributed by atoms with Crippen LogP contribution in [0.5, 0.6) is 0 Å². The molecule has 2 heterocycles. The molecular formula is C13H25N5O. The van der Waals surface area contributed by atoms with Crippen LogP contribution >= 0.6 is 0 Å². The Hall–Kier alpha value is -0.980. The normalized spacial score (nSPS) is 26.8. The van der Waals surface area contributed by atoms with Gasteiger partial charge in [0, 0.05) is 25.2 Å². The summed E-state index contributed by atoms with van der Waals surface area (Å²) in [5.74, 6) is 1.22. The van der Waals surface area contributed by atoms with E-state index in [9.17, 15) is 0 Å². The third kappa shape index (κ3) is 3.32. The molecule has 0 aliphatic carbocycles. The molecule has 0 radical (unpaired) electrons. The Morgan fingerprint density at radius 3 is 2.37 bits per heavy atom. The van der Waals surface area contributed by atoms with Crippen molar-refractivity contribution in [2.45, 2.75) is 51.9 Å². The first-order chi connectivity index (χ1) is 8.77. The summed E-state index contributed by atoms with van der Waals surface area (Å²) in [6.07, 6.45) is 0. The van der Waals surface area contributed by atoms with Crippen LogP contribution < -0.4 is 5.73 Å². The molecule has 6 nitrogen and oxygen atoms in total. The fourth-order valence-corrected chi connectivity index (χ4v) is 2.42. The van der Waals surface area contributed by atoms with E-state index in [-0.39, 0.29) is 0 Å². The summed E-state index contributed by atoms with van der Waals surface area (Å²) < 4.78 is 5.29. The minimum Gasteiger partial charge on any atom is -0.338 e. The molecule has 2 unspecified atom stereocenters. The third-order valence-electron chi connectivity index (χ3n) is 3.84. The maximum absolute atomic E-state index is 5.96. The van der Waals surface area contributed by atoms with Crippen LogP contribution in [-0.2, 0) is 12.1 Å². The average molecular weight is 267 g/mol. The zero-order valence-electron chi connectivity index (χ0n) is 12.6. The van der Waals surface area contributed by atoms with Gasteiger partial charge in [0.1, 0.15) is 0 Å². The van der Waals surface area contributed by atoms with E-state index in [0.717, 1.165) is 13.1 Å². The van der Waals surface area contributed by atoms with Crippen molar-refractivity contribution in [3.8, 4) is 0 Å². The largest absolute Gasteiger partial charge is 0.338 e. The van der Waals surface area contributed by atoms with Gasteiger partial charge in [-0.1, -0.05) is 5.16 Å². The molecule has 1 aliphatic heterocycles. The van der Waals surface area contributed by atoms with Crippen LogP contribution in [0.15, 0.2) is 4.52 Å². The van der Waals surface area contributed by atoms with Gasteiger partial charge in [-0.15, -0.1) is 0 Å². The second kappa shape index (κ2) is 5.19. The summed E-state index contributed by atoms with van der Waals surface area (Å²) in [6, 6.07) is 1.08. The Kier molecular flexibility index (Phi) is 3.94. The van der Waals surface area contributed by atoms with E-state index in [2.05, 4.69) is 40.8 Å². The smallest absolute Gasteiger partial charge is 0.240 e. The molecule has 1 saturated heterocycles. The van der Waals surface area contributed by atoms with Crippen molar-refractivity contribution in [1.82, 2.24) is 19.9 Å². The number of hydrogen-bond acceptors (Lipinski definition) is 6. The van der Waals surface area contributed by atoms with Gasteiger partial charge in [-0.25, -0.2) is 0 Å². The highest BCUT2D eigenvalue weighted by atomic mass is 16.5. The van der Waals surface area contributed by atoms with E-state index < -0.39 is 5.54 Å². The predicted octanol–water partition coefficient (Wildman–Crippen LogP) is 0.788. The molecule has 0 saturated carbocycles. The number of likely N-dealkylation sites (N-methyl/N-ethyl adjacent to an activating group) is 1. The molecule has 6 heteroatoms. The molecule has 0 bridgehead atoms. The van der Waals surface area contributed by atoms with E-state index in [4.69, 9.17) is 10.3 Å². The van der Waals surface area contributed by atoms with Crippen LogP contribution in [0.25, 0.3) is 0 Å². The lowest BCUT2D eigenvalue weighted by atomic mass is 10.1. The molecule has 108 valence electrons. The number of hydrogen-bond donors (Lipinski definition) is 1. The van der Waals surface area contributed by atoms with E-state index in [1.54, 1.807) is 0 Å². The molecule has 2 N–H and O–H groups in total. The second-order valence-electron chi connectivity index (χ2n) is 6.29. The number of nitrogens with two attached hydrogens (primary N) is 1. The lowest BCUT2D eigenvalue weighted by Gasteiger charge is -2.41. The molecule has 1 aromatic heterocycles. The highest BCUT2D eigenvalue weighted by Gasteiger charge is 2.28. The Bertz CT molecular complexity index is 413. The quantitative estimate of drug-likeness (QED) is 0.873. The van der Waals surface area contributed by atoms with Gasteiger partial charge >= 0.3 is 0 Å². The summed E-state index contributed by atoms with van der Waals surface area (Å²) >= 11 is 0. The summed E-state index contributed by atoms with van der Waals surface area (Å²) in [5, 5.41) is 3.96. The minimum absolute atomic E-state index is 0.539. The highest BCUT2D eigenvalue weighted by Crippen LogP contribution is 2.17. The van der Waals surface area contributed by atoms with Gasteiger partial charge in [0.05, 0.1) is 12.1 Å². The lowest BCUT2D eigenvalue weighted by Crippen LogP contribution is -2.54. The zero-order valence-corrected chi connectivity index (χ0v) is 12.6. The summed E-state index contributed by atoms with van der Waals surface area (Å²) in [4.78, 5) is 9.15. The monoisotopic (exact) mass is 267 g/mol. The van der Waals surface area contributed by atoms with Crippen LogP contribution in [0.3, 0.4) is 0 Å². The summed E-state index contributed by atoms with van der Waals surface area (Å²) in [6.45, 7) is 11.0. The van der Waals surface area contributed by atoms with Crippen LogP contribution in [-0.4, -0.2) is 52.2 Å². The molecule has 2 atom stereocenters. The predicted molar refractivity (Wildman–Crippen MR) is 73.5 cm³/mol. The summed E-state index contributed by atoms with van der Waals surface area (Å²) in [7, 11) is 2.18. The molecule has 0 aromatic carbocycles. The van der Waals surface area contributed by atoms with Crippen molar-refractivity contribution in [3.63, 3.8) is 0 Å². The summed E-state index contributed by atoms with van der Waals surface area (Å²) in [5.41, 5.74) is 5.41. The zero-order chi connectivity index (χ0) is 14.2. The van der Waals surface area contributed by atoms with Crippen molar-refractivity contribution < 1.29 is 4.52 Å². The van der Waals surface area contributed by atoms with Crippen LogP contribution in [0, 0.1) is 0 Å². The number of piperazine rings is 1. The van der Waals surface area contributed by atoms with Gasteiger partial charge in [-0.3, -0.25) is 9.80 Å². The SMILES string of the molecule is CC1CN(Cc2nc(C(C)(C)N)no2)CC(C)N1C. The first-order valence-corrected chi connectivity index (χ1v) is 6.83. The topological polar surface area (TPSA) is 71.4 Å². The standard InChI is InChI=1S/C13H25N5O/c1-9-6-18(7-10(2)17(9)5)8-11-15-12(16-19-11)13(3,4)14/h9-10H,6-8,14H2,1-5H3. The van der Waals surface area contributed by atoms with Gasteiger partial charge < -0.3 is 10.3 Å². The van der Waals surface area contributed by atoms with Crippen molar-refractivity contribution >= 4 is 0 Å². The first-order valence-electron chi connectivity index (χ1n) is 6.83. The van der Waals surface area contributed by atoms with Crippen molar-refractivity contribution in [2.24, 2.45) is 5.73 Å². The van der Waals surface area contributed by atoms with Crippen molar-refractivity contribution in [1.29, 1.82) is 0 Å².